The normalized spacial score (nSPS) is 12.4. The maximum atomic E-state index is 13.1. The molecule has 264 valence electrons. The second-order valence-corrected chi connectivity index (χ2v) is 10.2. The Bertz CT molecular complexity index is 1910. The molecule has 51 heavy (non-hydrogen) atoms. The molecule has 0 aliphatic heterocycles. The van der Waals surface area contributed by atoms with Crippen molar-refractivity contribution in [2.45, 2.75) is 18.5 Å². The summed E-state index contributed by atoms with van der Waals surface area (Å²) in [6.45, 7) is 0. The predicted octanol–water partition coefficient (Wildman–Crippen LogP) is 9.60. The van der Waals surface area contributed by atoms with Gasteiger partial charge in [-0.25, -0.2) is 14.4 Å². The molecule has 0 unspecified atom stereocenters. The lowest BCUT2D eigenvalue weighted by atomic mass is 10.1. The highest BCUT2D eigenvalue weighted by Gasteiger charge is 2.32. The second kappa shape index (κ2) is 15.6. The first-order valence-electron chi connectivity index (χ1n) is 14.2. The van der Waals surface area contributed by atoms with Gasteiger partial charge >= 0.3 is 36.4 Å². The van der Waals surface area contributed by atoms with Crippen molar-refractivity contribution in [1.29, 1.82) is 0 Å². The van der Waals surface area contributed by atoms with Crippen LogP contribution in [-0.4, -0.2) is 17.9 Å². The zero-order chi connectivity index (χ0) is 37.4. The number of halogens is 9. The molecular formula is C36H21F9O6. The molecule has 0 spiro atoms. The fourth-order valence-corrected chi connectivity index (χ4v) is 4.13. The smallest absolute Gasteiger partial charge is 0.416 e. The minimum atomic E-state index is -4.67. The van der Waals surface area contributed by atoms with Gasteiger partial charge < -0.3 is 14.2 Å². The molecular weight excluding hydrogens is 699 g/mol. The van der Waals surface area contributed by atoms with Crippen LogP contribution >= 0.6 is 0 Å². The van der Waals surface area contributed by atoms with E-state index in [1.54, 1.807) is 0 Å². The second-order valence-electron chi connectivity index (χ2n) is 10.2. The number of carbonyl (C=O) groups excluding carboxylic acids is 3. The number of ether oxygens (including phenoxy) is 3. The standard InChI is InChI=1S/C36H21F9O6/c37-34(38,39)25-8-1-5-22(19-25)13-16-30(46)49-28-11-4-12-29(50-31(47)17-14-23-6-2-9-26(20-23)35(40,41)42)33(28)51-32(48)18-15-24-7-3-10-27(21-24)36(43,44)45/h1-21H. The molecule has 0 amide bonds. The van der Waals surface area contributed by atoms with Gasteiger partial charge in [0.25, 0.3) is 0 Å². The number of carbonyl (C=O) groups is 3. The summed E-state index contributed by atoms with van der Waals surface area (Å²) in [6.07, 6.45) is -8.76. The fraction of sp³-hybridized carbons (Fsp3) is 0.0833. The molecule has 0 atom stereocenters. The Morgan fingerprint density at radius 1 is 0.431 bits per heavy atom. The van der Waals surface area contributed by atoms with Crippen LogP contribution in [0.4, 0.5) is 39.5 Å². The van der Waals surface area contributed by atoms with Crippen molar-refractivity contribution in [3.8, 4) is 17.2 Å². The minimum Gasteiger partial charge on any atom is -0.419 e. The first kappa shape index (κ1) is 37.7. The van der Waals surface area contributed by atoms with Crippen LogP contribution in [0.25, 0.3) is 18.2 Å². The summed E-state index contributed by atoms with van der Waals surface area (Å²) in [6, 6.07) is 15.2. The lowest BCUT2D eigenvalue weighted by Gasteiger charge is -2.13. The molecule has 0 fully saturated rings. The highest BCUT2D eigenvalue weighted by atomic mass is 19.4. The molecule has 0 N–H and O–H groups in total. The third-order valence-corrected chi connectivity index (χ3v) is 6.44. The molecule has 6 nitrogen and oxygen atoms in total. The van der Waals surface area contributed by atoms with Crippen LogP contribution in [-0.2, 0) is 32.9 Å². The summed E-state index contributed by atoms with van der Waals surface area (Å²) in [4.78, 5) is 38.1. The number of benzene rings is 4. The molecule has 0 aromatic heterocycles. The first-order chi connectivity index (χ1) is 23.9. The van der Waals surface area contributed by atoms with E-state index in [1.807, 2.05) is 0 Å². The van der Waals surface area contributed by atoms with Crippen molar-refractivity contribution in [3.63, 3.8) is 0 Å². The number of hydrogen-bond acceptors (Lipinski definition) is 6. The highest BCUT2D eigenvalue weighted by molar-refractivity contribution is 5.93. The number of alkyl halides is 9. The first-order valence-corrected chi connectivity index (χ1v) is 14.2. The van der Waals surface area contributed by atoms with E-state index in [2.05, 4.69) is 0 Å². The van der Waals surface area contributed by atoms with Crippen LogP contribution in [0.1, 0.15) is 33.4 Å². The van der Waals surface area contributed by atoms with Crippen molar-refractivity contribution in [2.75, 3.05) is 0 Å². The predicted molar refractivity (Wildman–Crippen MR) is 165 cm³/mol. The Morgan fingerprint density at radius 3 is 1.04 bits per heavy atom. The van der Waals surface area contributed by atoms with Gasteiger partial charge in [-0.3, -0.25) is 0 Å². The zero-order valence-corrected chi connectivity index (χ0v) is 25.5. The van der Waals surface area contributed by atoms with Gasteiger partial charge in [-0.05, 0) is 83.4 Å². The lowest BCUT2D eigenvalue weighted by molar-refractivity contribution is -0.138. The maximum absolute atomic E-state index is 13.1. The topological polar surface area (TPSA) is 78.9 Å². The van der Waals surface area contributed by atoms with Crippen molar-refractivity contribution < 1.29 is 68.1 Å². The van der Waals surface area contributed by atoms with Gasteiger partial charge in [-0.1, -0.05) is 42.5 Å². The summed E-state index contributed by atoms with van der Waals surface area (Å²) in [5.74, 6) is -5.37. The van der Waals surface area contributed by atoms with E-state index in [9.17, 15) is 53.9 Å². The van der Waals surface area contributed by atoms with E-state index in [-0.39, 0.29) is 16.7 Å². The van der Waals surface area contributed by atoms with Crippen LogP contribution in [0.3, 0.4) is 0 Å². The quantitative estimate of drug-likeness (QED) is 0.0742. The monoisotopic (exact) mass is 720 g/mol. The van der Waals surface area contributed by atoms with Crippen molar-refractivity contribution in [1.82, 2.24) is 0 Å². The van der Waals surface area contributed by atoms with Gasteiger partial charge in [0.1, 0.15) is 0 Å². The molecule has 0 saturated carbocycles. The minimum absolute atomic E-state index is 0.0246. The largest absolute Gasteiger partial charge is 0.419 e. The van der Waals surface area contributed by atoms with Gasteiger partial charge in [0.2, 0.25) is 5.75 Å². The van der Waals surface area contributed by atoms with Gasteiger partial charge in [0, 0.05) is 18.2 Å². The third-order valence-electron chi connectivity index (χ3n) is 6.44. The van der Waals surface area contributed by atoms with Crippen molar-refractivity contribution in [3.05, 3.63) is 143 Å². The van der Waals surface area contributed by atoms with Crippen LogP contribution < -0.4 is 14.2 Å². The Balaban J connectivity index is 1.60. The molecule has 0 radical (unpaired) electrons. The third kappa shape index (κ3) is 11.2. The summed E-state index contributed by atoms with van der Waals surface area (Å²) in [5, 5.41) is 0. The van der Waals surface area contributed by atoms with Crippen LogP contribution in [0, 0.1) is 0 Å². The average molecular weight is 721 g/mol. The van der Waals surface area contributed by atoms with Crippen molar-refractivity contribution in [2.24, 2.45) is 0 Å². The lowest BCUT2D eigenvalue weighted by Crippen LogP contribution is -2.12. The summed E-state index contributed by atoms with van der Waals surface area (Å²) >= 11 is 0. The number of esters is 3. The van der Waals surface area contributed by atoms with Gasteiger partial charge in [0.15, 0.2) is 11.5 Å². The summed E-state index contributed by atoms with van der Waals surface area (Å²) in [5.41, 5.74) is -3.07. The molecule has 0 saturated heterocycles. The summed E-state index contributed by atoms with van der Waals surface area (Å²) in [7, 11) is 0. The van der Waals surface area contributed by atoms with Gasteiger partial charge in [0.05, 0.1) is 16.7 Å². The average Bonchev–Trinajstić information content (AvgIpc) is 3.06. The van der Waals surface area contributed by atoms with E-state index in [0.29, 0.717) is 0 Å². The SMILES string of the molecule is O=C(C=Cc1cccc(C(F)(F)F)c1)Oc1cccc(OC(=O)C=Cc2cccc(C(F)(F)F)c2)c1OC(=O)C=Cc1cccc(C(F)(F)F)c1. The molecule has 4 rings (SSSR count). The molecule has 0 heterocycles. The number of para-hydroxylation sites is 1. The number of rotatable bonds is 9. The van der Waals surface area contributed by atoms with E-state index in [0.717, 1.165) is 103 Å². The van der Waals surface area contributed by atoms with Gasteiger partial charge in [-0.2, -0.15) is 39.5 Å². The molecule has 4 aromatic rings. The van der Waals surface area contributed by atoms with E-state index in [4.69, 9.17) is 14.2 Å². The van der Waals surface area contributed by atoms with Crippen molar-refractivity contribution >= 4 is 36.1 Å². The molecule has 4 aromatic carbocycles. The Labute approximate surface area is 282 Å². The molecule has 0 bridgehead atoms. The van der Waals surface area contributed by atoms with E-state index in [1.165, 1.54) is 24.3 Å². The Morgan fingerprint density at radius 2 is 0.725 bits per heavy atom. The summed E-state index contributed by atoms with van der Waals surface area (Å²) < 4.78 is 133. The van der Waals surface area contributed by atoms with Crippen LogP contribution in [0.5, 0.6) is 17.2 Å². The van der Waals surface area contributed by atoms with Crippen LogP contribution in [0.15, 0.2) is 109 Å². The molecule has 0 aliphatic rings. The van der Waals surface area contributed by atoms with E-state index >= 15 is 0 Å². The molecule has 0 aliphatic carbocycles. The fourth-order valence-electron chi connectivity index (χ4n) is 4.13. The zero-order valence-electron chi connectivity index (χ0n) is 25.5. The molecule has 15 heteroatoms. The highest BCUT2D eigenvalue weighted by Crippen LogP contribution is 2.38. The van der Waals surface area contributed by atoms with E-state index < -0.39 is 70.4 Å². The number of hydrogen-bond donors (Lipinski definition) is 0. The Hall–Kier alpha value is -6.12. The van der Waals surface area contributed by atoms with Crippen LogP contribution in [0.2, 0.25) is 0 Å². The maximum Gasteiger partial charge on any atom is 0.416 e. The Kier molecular flexibility index (Phi) is 11.5. The van der Waals surface area contributed by atoms with Gasteiger partial charge in [-0.15, -0.1) is 0 Å².